The van der Waals surface area contributed by atoms with E-state index in [0.717, 1.165) is 0 Å². The van der Waals surface area contributed by atoms with Crippen LogP contribution in [0.4, 0.5) is 0 Å². The first-order valence-corrected chi connectivity index (χ1v) is 8.65. The average molecular weight is 205 g/mol. The zero-order chi connectivity index (χ0) is 10.2. The van der Waals surface area contributed by atoms with Crippen LogP contribution in [-0.2, 0) is 0 Å². The maximum atomic E-state index is 3.70. The highest BCUT2D eigenvalue weighted by atomic mass is 28.3. The maximum absolute atomic E-state index is 3.70. The minimum absolute atomic E-state index is 1.18. The quantitative estimate of drug-likeness (QED) is 0.612. The van der Waals surface area contributed by atoms with Gasteiger partial charge in [-0.15, -0.1) is 0 Å². The second-order valence-electron chi connectivity index (χ2n) is 4.73. The summed E-state index contributed by atoms with van der Waals surface area (Å²) in [6, 6.07) is 4.57. The van der Waals surface area contributed by atoms with Gasteiger partial charge in [0.2, 0.25) is 0 Å². The molecule has 0 saturated heterocycles. The van der Waals surface area contributed by atoms with Crippen LogP contribution in [0, 0.1) is 13.8 Å². The molecule has 0 fully saturated rings. The van der Waals surface area contributed by atoms with E-state index in [1.54, 1.807) is 0 Å². The van der Waals surface area contributed by atoms with Crippen LogP contribution in [0.2, 0.25) is 19.6 Å². The van der Waals surface area contributed by atoms with Gasteiger partial charge in [0.25, 0.3) is 0 Å². The minimum atomic E-state index is -1.18. The topological polar surface area (TPSA) is 0 Å². The SMILES string of the molecule is Cc1cc([Si])c([Si](C)(C)C)cc1C. The lowest BCUT2D eigenvalue weighted by atomic mass is 10.1. The van der Waals surface area contributed by atoms with Crippen molar-refractivity contribution >= 4 is 28.7 Å². The van der Waals surface area contributed by atoms with Crippen LogP contribution in [-0.4, -0.2) is 18.3 Å². The molecule has 0 atom stereocenters. The zero-order valence-electron chi connectivity index (χ0n) is 9.15. The summed E-state index contributed by atoms with van der Waals surface area (Å²) in [4.78, 5) is 0. The van der Waals surface area contributed by atoms with Crippen molar-refractivity contribution in [2.45, 2.75) is 33.5 Å². The molecule has 0 unspecified atom stereocenters. The summed E-state index contributed by atoms with van der Waals surface area (Å²) < 4.78 is 0. The zero-order valence-corrected chi connectivity index (χ0v) is 11.2. The van der Waals surface area contributed by atoms with Gasteiger partial charge in [0.15, 0.2) is 0 Å². The van der Waals surface area contributed by atoms with E-state index in [0.29, 0.717) is 0 Å². The number of hydrogen-bond donors (Lipinski definition) is 0. The molecule has 2 heteroatoms. The van der Waals surface area contributed by atoms with Crippen molar-refractivity contribution in [1.29, 1.82) is 0 Å². The highest BCUT2D eigenvalue weighted by molar-refractivity contribution is 6.91. The largest absolute Gasteiger partial charge is 0.0774 e. The summed E-state index contributed by atoms with van der Waals surface area (Å²) in [5, 5.41) is 2.80. The molecule has 0 spiro atoms. The first-order valence-electron chi connectivity index (χ1n) is 4.65. The first kappa shape index (κ1) is 10.7. The fraction of sp³-hybridized carbons (Fsp3) is 0.455. The lowest BCUT2D eigenvalue weighted by molar-refractivity contribution is 1.36. The van der Waals surface area contributed by atoms with E-state index in [-0.39, 0.29) is 0 Å². The predicted octanol–water partition coefficient (Wildman–Crippen LogP) is 1.64. The smallest absolute Gasteiger partial charge is 0.0678 e. The molecule has 0 amide bonds. The summed E-state index contributed by atoms with van der Waals surface area (Å²) in [5.74, 6) is 0. The van der Waals surface area contributed by atoms with E-state index in [9.17, 15) is 0 Å². The maximum Gasteiger partial charge on any atom is 0.0774 e. The fourth-order valence-electron chi connectivity index (χ4n) is 1.44. The van der Waals surface area contributed by atoms with Gasteiger partial charge in [0, 0.05) is 0 Å². The van der Waals surface area contributed by atoms with E-state index in [1.165, 1.54) is 21.5 Å². The molecule has 13 heavy (non-hydrogen) atoms. The summed E-state index contributed by atoms with van der Waals surface area (Å²) in [6.45, 7) is 11.5. The molecule has 3 radical (unpaired) electrons. The minimum Gasteiger partial charge on any atom is -0.0678 e. The molecule has 1 rings (SSSR count). The molecule has 69 valence electrons. The van der Waals surface area contributed by atoms with Gasteiger partial charge in [0.05, 0.1) is 18.3 Å². The Morgan fingerprint density at radius 3 is 1.92 bits per heavy atom. The molecular weight excluding hydrogens is 188 g/mol. The molecule has 1 aromatic rings. The Kier molecular flexibility index (Phi) is 2.83. The third kappa shape index (κ3) is 2.32. The van der Waals surface area contributed by atoms with Crippen LogP contribution in [0.3, 0.4) is 0 Å². The van der Waals surface area contributed by atoms with Crippen LogP contribution >= 0.6 is 0 Å². The van der Waals surface area contributed by atoms with Gasteiger partial charge in [-0.05, 0) is 25.0 Å². The van der Waals surface area contributed by atoms with Gasteiger partial charge in [-0.1, -0.05) is 42.1 Å². The van der Waals surface area contributed by atoms with Gasteiger partial charge in [-0.25, -0.2) is 0 Å². The molecular formula is C11H17Si2. The number of hydrogen-bond acceptors (Lipinski definition) is 0. The van der Waals surface area contributed by atoms with Crippen LogP contribution in [0.25, 0.3) is 0 Å². The molecule has 0 nitrogen and oxygen atoms in total. The Bertz CT molecular complexity index is 322. The van der Waals surface area contributed by atoms with Crippen molar-refractivity contribution in [3.63, 3.8) is 0 Å². The molecule has 0 aliphatic heterocycles. The van der Waals surface area contributed by atoms with E-state index in [4.69, 9.17) is 0 Å². The predicted molar refractivity (Wildman–Crippen MR) is 64.3 cm³/mol. The summed E-state index contributed by atoms with van der Waals surface area (Å²) in [6.07, 6.45) is 0. The summed E-state index contributed by atoms with van der Waals surface area (Å²) >= 11 is 0. The molecule has 0 N–H and O–H groups in total. The molecule has 0 aliphatic carbocycles. The lowest BCUT2D eigenvalue weighted by Gasteiger charge is -2.21. The van der Waals surface area contributed by atoms with E-state index < -0.39 is 8.07 Å². The van der Waals surface area contributed by atoms with Crippen LogP contribution in [0.5, 0.6) is 0 Å². The van der Waals surface area contributed by atoms with Crippen LogP contribution in [0.1, 0.15) is 11.1 Å². The highest BCUT2D eigenvalue weighted by Crippen LogP contribution is 2.06. The Morgan fingerprint density at radius 2 is 1.46 bits per heavy atom. The molecule has 0 aliphatic rings. The van der Waals surface area contributed by atoms with Gasteiger partial charge in [-0.3, -0.25) is 0 Å². The monoisotopic (exact) mass is 205 g/mol. The Hall–Kier alpha value is -0.346. The van der Waals surface area contributed by atoms with Crippen molar-refractivity contribution in [3.05, 3.63) is 23.3 Å². The summed E-state index contributed by atoms with van der Waals surface area (Å²) in [7, 11) is 2.52. The van der Waals surface area contributed by atoms with Crippen molar-refractivity contribution < 1.29 is 0 Å². The van der Waals surface area contributed by atoms with Crippen molar-refractivity contribution in [3.8, 4) is 0 Å². The van der Waals surface area contributed by atoms with E-state index in [1.807, 2.05) is 0 Å². The average Bonchev–Trinajstić information content (AvgIpc) is 1.94. The number of aryl methyl sites for hydroxylation is 2. The van der Waals surface area contributed by atoms with Crippen LogP contribution < -0.4 is 10.4 Å². The van der Waals surface area contributed by atoms with Crippen LogP contribution in [0.15, 0.2) is 12.1 Å². The Labute approximate surface area is 85.8 Å². The first-order chi connectivity index (χ1) is 5.82. The standard InChI is InChI=1S/C11H17Si2/c1-8-6-10(12)11(7-9(8)2)13(3,4)5/h6-7H,1-5H3. The number of benzene rings is 1. The number of rotatable bonds is 1. The Morgan fingerprint density at radius 1 is 1.00 bits per heavy atom. The second-order valence-corrected chi connectivity index (χ2v) is 10.3. The van der Waals surface area contributed by atoms with Gasteiger partial charge < -0.3 is 0 Å². The molecule has 1 aromatic carbocycles. The van der Waals surface area contributed by atoms with Gasteiger partial charge >= 0.3 is 0 Å². The molecule has 0 bridgehead atoms. The van der Waals surface area contributed by atoms with Crippen molar-refractivity contribution in [1.82, 2.24) is 0 Å². The Balaban J connectivity index is 3.32. The van der Waals surface area contributed by atoms with E-state index in [2.05, 4.69) is 55.9 Å². The molecule has 0 saturated carbocycles. The highest BCUT2D eigenvalue weighted by Gasteiger charge is 2.18. The fourth-order valence-corrected chi connectivity index (χ4v) is 4.38. The lowest BCUT2D eigenvalue weighted by Crippen LogP contribution is -2.47. The normalized spacial score (nSPS) is 11.8. The van der Waals surface area contributed by atoms with Gasteiger partial charge in [0.1, 0.15) is 0 Å². The molecule has 0 heterocycles. The van der Waals surface area contributed by atoms with Crippen molar-refractivity contribution in [2.75, 3.05) is 0 Å². The summed E-state index contributed by atoms with van der Waals surface area (Å²) in [5.41, 5.74) is 2.77. The second kappa shape index (κ2) is 3.42. The molecule has 0 aromatic heterocycles. The van der Waals surface area contributed by atoms with E-state index >= 15 is 0 Å². The van der Waals surface area contributed by atoms with Gasteiger partial charge in [-0.2, -0.15) is 0 Å². The third-order valence-electron chi connectivity index (χ3n) is 2.44. The van der Waals surface area contributed by atoms with Crippen molar-refractivity contribution in [2.24, 2.45) is 0 Å². The third-order valence-corrected chi connectivity index (χ3v) is 5.14.